The summed E-state index contributed by atoms with van der Waals surface area (Å²) in [6, 6.07) is 6.14. The third-order valence-electron chi connectivity index (χ3n) is 5.01. The zero-order valence-electron chi connectivity index (χ0n) is 16.1. The van der Waals surface area contributed by atoms with Gasteiger partial charge in [-0.1, -0.05) is 6.07 Å². The smallest absolute Gasteiger partial charge is 0.287 e. The van der Waals surface area contributed by atoms with Crippen molar-refractivity contribution >= 4 is 16.8 Å². The molecule has 1 unspecified atom stereocenters. The number of alkyl halides is 2. The number of carbonyl (C=O) groups excluding carboxylic acids is 1. The molecule has 7 nitrogen and oxygen atoms in total. The van der Waals surface area contributed by atoms with E-state index in [1.165, 1.54) is 23.9 Å². The molecule has 0 bridgehead atoms. The number of methoxy groups -OCH3 is 1. The highest BCUT2D eigenvalue weighted by Gasteiger charge is 2.31. The van der Waals surface area contributed by atoms with Crippen LogP contribution in [-0.2, 0) is 15.5 Å². The Morgan fingerprint density at radius 1 is 1.41 bits per heavy atom. The molecule has 3 aromatic rings. The van der Waals surface area contributed by atoms with Crippen LogP contribution in [0.15, 0.2) is 30.5 Å². The standard InChI is InChI=1S/C20H21F2N5O2/c1-20(21,22)16-4-3-5-17(25-16)27-15-8-14(13(10-29-2)19(23)28)24-9-12(15)18(26-27)11-6-7-11/h3-5,8-9,11,13H,6-7,10H2,1-2H3,(H2,23,28). The van der Waals surface area contributed by atoms with Gasteiger partial charge in [0.05, 0.1) is 23.5 Å². The van der Waals surface area contributed by atoms with Gasteiger partial charge in [0, 0.05) is 31.5 Å². The summed E-state index contributed by atoms with van der Waals surface area (Å²) in [6.45, 7) is 0.896. The fourth-order valence-electron chi connectivity index (χ4n) is 3.34. The number of amides is 1. The van der Waals surface area contributed by atoms with Gasteiger partial charge in [-0.15, -0.1) is 0 Å². The summed E-state index contributed by atoms with van der Waals surface area (Å²) in [5.41, 5.74) is 7.10. The lowest BCUT2D eigenvalue weighted by molar-refractivity contribution is -0.120. The van der Waals surface area contributed by atoms with Gasteiger partial charge in [0.1, 0.15) is 11.6 Å². The molecular formula is C20H21F2N5O2. The number of primary amides is 1. The third-order valence-corrected chi connectivity index (χ3v) is 5.01. The van der Waals surface area contributed by atoms with Gasteiger partial charge < -0.3 is 10.5 Å². The van der Waals surface area contributed by atoms with Crippen LogP contribution in [0.3, 0.4) is 0 Å². The number of hydrogen-bond acceptors (Lipinski definition) is 5. The predicted octanol–water partition coefficient (Wildman–Crippen LogP) is 3.02. The number of aromatic nitrogens is 4. The van der Waals surface area contributed by atoms with Gasteiger partial charge in [-0.05, 0) is 31.0 Å². The summed E-state index contributed by atoms with van der Waals surface area (Å²) in [6.07, 6.45) is 3.69. The quantitative estimate of drug-likeness (QED) is 0.657. The van der Waals surface area contributed by atoms with E-state index in [-0.39, 0.29) is 18.1 Å². The molecule has 1 fully saturated rings. The highest BCUT2D eigenvalue weighted by atomic mass is 19.3. The van der Waals surface area contributed by atoms with Crippen LogP contribution in [-0.4, -0.2) is 39.4 Å². The second kappa shape index (κ2) is 7.14. The molecule has 1 atom stereocenters. The van der Waals surface area contributed by atoms with Crippen LogP contribution in [0.25, 0.3) is 16.7 Å². The molecule has 1 aliphatic carbocycles. The Morgan fingerprint density at radius 2 is 2.17 bits per heavy atom. The number of nitrogens with zero attached hydrogens (tertiary/aromatic N) is 4. The van der Waals surface area contributed by atoms with Crippen molar-refractivity contribution in [3.05, 3.63) is 47.5 Å². The minimum Gasteiger partial charge on any atom is -0.383 e. The maximum absolute atomic E-state index is 13.8. The number of nitrogens with two attached hydrogens (primary N) is 1. The summed E-state index contributed by atoms with van der Waals surface area (Å²) in [7, 11) is 1.48. The minimum atomic E-state index is -3.07. The van der Waals surface area contributed by atoms with Crippen LogP contribution in [0.4, 0.5) is 8.78 Å². The second-order valence-electron chi connectivity index (χ2n) is 7.38. The molecule has 0 saturated heterocycles. The average Bonchev–Trinajstić information content (AvgIpc) is 3.45. The zero-order valence-corrected chi connectivity index (χ0v) is 16.1. The lowest BCUT2D eigenvalue weighted by atomic mass is 10.0. The van der Waals surface area contributed by atoms with Gasteiger partial charge in [0.25, 0.3) is 5.92 Å². The summed E-state index contributed by atoms with van der Waals surface area (Å²) < 4.78 is 34.2. The third kappa shape index (κ3) is 3.69. The van der Waals surface area contributed by atoms with Gasteiger partial charge in [-0.3, -0.25) is 9.78 Å². The Labute approximate surface area is 165 Å². The van der Waals surface area contributed by atoms with Crippen molar-refractivity contribution in [1.82, 2.24) is 19.7 Å². The largest absolute Gasteiger partial charge is 0.383 e. The van der Waals surface area contributed by atoms with Gasteiger partial charge in [0.15, 0.2) is 5.82 Å². The van der Waals surface area contributed by atoms with E-state index in [9.17, 15) is 13.6 Å². The molecule has 2 N–H and O–H groups in total. The summed E-state index contributed by atoms with van der Waals surface area (Å²) in [4.78, 5) is 20.4. The molecule has 4 rings (SSSR count). The van der Waals surface area contributed by atoms with Crippen LogP contribution in [0.2, 0.25) is 0 Å². The predicted molar refractivity (Wildman–Crippen MR) is 102 cm³/mol. The van der Waals surface area contributed by atoms with Crippen molar-refractivity contribution in [2.75, 3.05) is 13.7 Å². The van der Waals surface area contributed by atoms with Gasteiger partial charge in [-0.25, -0.2) is 9.67 Å². The van der Waals surface area contributed by atoms with Gasteiger partial charge >= 0.3 is 0 Å². The maximum Gasteiger partial charge on any atom is 0.287 e. The molecule has 152 valence electrons. The van der Waals surface area contributed by atoms with Crippen LogP contribution in [0, 0.1) is 0 Å². The van der Waals surface area contributed by atoms with Crippen molar-refractivity contribution in [3.8, 4) is 5.82 Å². The van der Waals surface area contributed by atoms with Crippen LogP contribution >= 0.6 is 0 Å². The molecule has 29 heavy (non-hydrogen) atoms. The molecule has 0 spiro atoms. The fourth-order valence-corrected chi connectivity index (χ4v) is 3.34. The normalized spacial score (nSPS) is 15.6. The van der Waals surface area contributed by atoms with Crippen LogP contribution in [0.1, 0.15) is 48.7 Å². The Morgan fingerprint density at radius 3 is 2.79 bits per heavy atom. The summed E-state index contributed by atoms with van der Waals surface area (Å²) >= 11 is 0. The van der Waals surface area contributed by atoms with E-state index in [4.69, 9.17) is 10.5 Å². The molecule has 3 aromatic heterocycles. The molecular weight excluding hydrogens is 380 g/mol. The lowest BCUT2D eigenvalue weighted by Crippen LogP contribution is -2.25. The van der Waals surface area contributed by atoms with Crippen LogP contribution in [0.5, 0.6) is 0 Å². The monoisotopic (exact) mass is 401 g/mol. The fraction of sp³-hybridized carbons (Fsp3) is 0.400. The Balaban J connectivity index is 1.89. The molecule has 1 aliphatic rings. The van der Waals surface area contributed by atoms with E-state index >= 15 is 0 Å². The number of pyridine rings is 2. The first-order chi connectivity index (χ1) is 13.8. The average molecular weight is 401 g/mol. The van der Waals surface area contributed by atoms with Crippen molar-refractivity contribution in [2.24, 2.45) is 5.73 Å². The number of halogens is 2. The summed E-state index contributed by atoms with van der Waals surface area (Å²) in [5, 5.41) is 5.47. The number of carbonyl (C=O) groups is 1. The highest BCUT2D eigenvalue weighted by molar-refractivity contribution is 5.86. The first kappa shape index (κ1) is 19.4. The Kier molecular flexibility index (Phi) is 4.77. The Bertz CT molecular complexity index is 1070. The molecule has 0 aromatic carbocycles. The van der Waals surface area contributed by atoms with E-state index in [0.29, 0.717) is 17.1 Å². The van der Waals surface area contributed by atoms with E-state index in [1.807, 2.05) is 0 Å². The molecule has 9 heteroatoms. The van der Waals surface area contributed by atoms with Gasteiger partial charge in [0.2, 0.25) is 5.91 Å². The number of hydrogen-bond donors (Lipinski definition) is 1. The first-order valence-electron chi connectivity index (χ1n) is 9.32. The highest BCUT2D eigenvalue weighted by Crippen LogP contribution is 2.43. The minimum absolute atomic E-state index is 0.0905. The first-order valence-corrected chi connectivity index (χ1v) is 9.32. The molecule has 1 saturated carbocycles. The number of fused-ring (bicyclic) bond motifs is 1. The van der Waals surface area contributed by atoms with Crippen molar-refractivity contribution in [3.63, 3.8) is 0 Å². The molecule has 1 amide bonds. The second-order valence-corrected chi connectivity index (χ2v) is 7.38. The molecule has 0 radical (unpaired) electrons. The van der Waals surface area contributed by atoms with E-state index < -0.39 is 17.7 Å². The van der Waals surface area contributed by atoms with Gasteiger partial charge in [-0.2, -0.15) is 13.9 Å². The van der Waals surface area contributed by atoms with Crippen molar-refractivity contribution in [2.45, 2.75) is 37.5 Å². The molecule has 3 heterocycles. The van der Waals surface area contributed by atoms with E-state index in [2.05, 4.69) is 15.1 Å². The topological polar surface area (TPSA) is 95.9 Å². The van der Waals surface area contributed by atoms with E-state index in [1.54, 1.807) is 18.3 Å². The SMILES string of the molecule is COCC(C(N)=O)c1cc2c(cn1)c(C1CC1)nn2-c1cccc(C(C)(F)F)n1. The lowest BCUT2D eigenvalue weighted by Gasteiger charge is -2.13. The molecule has 0 aliphatic heterocycles. The summed E-state index contributed by atoms with van der Waals surface area (Å²) in [5.74, 6) is -3.76. The van der Waals surface area contributed by atoms with Crippen molar-refractivity contribution < 1.29 is 18.3 Å². The number of rotatable bonds is 7. The maximum atomic E-state index is 13.8. The van der Waals surface area contributed by atoms with E-state index in [0.717, 1.165) is 30.8 Å². The van der Waals surface area contributed by atoms with Crippen LogP contribution < -0.4 is 5.73 Å². The number of ether oxygens (including phenoxy) is 1. The Hall–Kier alpha value is -2.94. The van der Waals surface area contributed by atoms with Crippen molar-refractivity contribution in [1.29, 1.82) is 0 Å². The zero-order chi connectivity index (χ0) is 20.8.